The maximum absolute atomic E-state index is 13.0. The Morgan fingerprint density at radius 1 is 0.574 bits per heavy atom. The molecule has 0 bridgehead atoms. The van der Waals surface area contributed by atoms with E-state index in [1.807, 2.05) is 6.08 Å². The van der Waals surface area contributed by atoms with Gasteiger partial charge in [-0.05, 0) is 19.3 Å². The average molecular weight is 884 g/mol. The Morgan fingerprint density at radius 3 is 1.54 bits per heavy atom. The molecule has 19 nitrogen and oxygen atoms in total. The van der Waals surface area contributed by atoms with Crippen molar-refractivity contribution in [1.29, 1.82) is 0 Å². The SMILES string of the molecule is CCCCC/C=C/C(O)C(COC1OC(CO)C(OC2OC(CO)C(OC3OC(CO)C(O)C(O)C3O)C(O)C2O)C(O)C1O)NC(=O)CCCCCCCCCCCCC. The first kappa shape index (κ1) is 53.9. The van der Waals surface area contributed by atoms with E-state index in [0.29, 0.717) is 6.42 Å². The number of hydrogen-bond donors (Lipinski definition) is 12. The molecular formula is C42H77NO18. The van der Waals surface area contributed by atoms with Gasteiger partial charge in [0.15, 0.2) is 18.9 Å². The molecule has 0 aromatic heterocycles. The normalized spacial score (nSPS) is 35.7. The molecule has 3 saturated heterocycles. The van der Waals surface area contributed by atoms with E-state index in [1.54, 1.807) is 6.08 Å². The lowest BCUT2D eigenvalue weighted by Gasteiger charge is -2.48. The number of allylic oxidation sites excluding steroid dienone is 1. The van der Waals surface area contributed by atoms with E-state index in [4.69, 9.17) is 28.4 Å². The standard InChI is InChI=1S/C42H77NO18/c1-3-5-7-9-10-11-12-13-14-16-18-20-30(48)43-25(26(47)19-17-15-8-6-4-2)24-56-40-36(54)33(51)38(28(22-45)58-40)61-42-37(55)34(52)39(29(23-46)59-42)60-41-35(53)32(50)31(49)27(21-44)57-41/h17,19,25-29,31-42,44-47,49-55H,3-16,18,20-24H2,1-2H3,(H,43,48)/b19-17+. The number of hydrogen-bond acceptors (Lipinski definition) is 18. The highest BCUT2D eigenvalue weighted by atomic mass is 16.8. The maximum Gasteiger partial charge on any atom is 0.220 e. The fraction of sp³-hybridized carbons (Fsp3) is 0.929. The lowest BCUT2D eigenvalue weighted by molar-refractivity contribution is -0.379. The molecule has 1 amide bonds. The van der Waals surface area contributed by atoms with Gasteiger partial charge in [0, 0.05) is 6.42 Å². The molecular weight excluding hydrogens is 806 g/mol. The van der Waals surface area contributed by atoms with Crippen LogP contribution >= 0.6 is 0 Å². The molecule has 0 saturated carbocycles. The highest BCUT2D eigenvalue weighted by molar-refractivity contribution is 5.76. The Balaban J connectivity index is 1.58. The minimum Gasteiger partial charge on any atom is -0.394 e. The van der Waals surface area contributed by atoms with Gasteiger partial charge >= 0.3 is 0 Å². The van der Waals surface area contributed by atoms with Crippen LogP contribution in [0.1, 0.15) is 117 Å². The summed E-state index contributed by atoms with van der Waals surface area (Å²) in [5, 5.41) is 119. The molecule has 0 aliphatic carbocycles. The van der Waals surface area contributed by atoms with Crippen LogP contribution in [0.2, 0.25) is 0 Å². The number of rotatable bonds is 29. The third kappa shape index (κ3) is 16.8. The second-order valence-corrected chi connectivity index (χ2v) is 16.5. The molecule has 61 heavy (non-hydrogen) atoms. The number of unbranched alkanes of at least 4 members (excludes halogenated alkanes) is 13. The number of amides is 1. The van der Waals surface area contributed by atoms with Gasteiger partial charge in [-0.15, -0.1) is 0 Å². The van der Waals surface area contributed by atoms with Crippen LogP contribution in [0.25, 0.3) is 0 Å². The van der Waals surface area contributed by atoms with Crippen LogP contribution in [0.4, 0.5) is 0 Å². The zero-order valence-electron chi connectivity index (χ0n) is 35.9. The fourth-order valence-corrected chi connectivity index (χ4v) is 7.72. The van der Waals surface area contributed by atoms with Gasteiger partial charge in [0.25, 0.3) is 0 Å². The molecule has 0 aromatic rings. The lowest BCUT2D eigenvalue weighted by atomic mass is 9.96. The molecule has 19 heteroatoms. The molecule has 3 heterocycles. The summed E-state index contributed by atoms with van der Waals surface area (Å²) < 4.78 is 33.8. The lowest BCUT2D eigenvalue weighted by Crippen LogP contribution is -2.66. The summed E-state index contributed by atoms with van der Waals surface area (Å²) in [7, 11) is 0. The average Bonchev–Trinajstić information content (AvgIpc) is 3.25. The summed E-state index contributed by atoms with van der Waals surface area (Å²) in [4.78, 5) is 13.0. The van der Waals surface area contributed by atoms with Crippen LogP contribution in [-0.4, -0.2) is 193 Å². The number of carbonyl (C=O) groups excluding carboxylic acids is 1. The summed E-state index contributed by atoms with van der Waals surface area (Å²) in [6, 6.07) is -0.960. The maximum atomic E-state index is 13.0. The highest BCUT2D eigenvalue weighted by Crippen LogP contribution is 2.33. The highest BCUT2D eigenvalue weighted by Gasteiger charge is 2.53. The largest absolute Gasteiger partial charge is 0.394 e. The Morgan fingerprint density at radius 2 is 1.02 bits per heavy atom. The Labute approximate surface area is 359 Å². The predicted molar refractivity (Wildman–Crippen MR) is 217 cm³/mol. The molecule has 3 aliphatic heterocycles. The molecule has 358 valence electrons. The summed E-state index contributed by atoms with van der Waals surface area (Å²) >= 11 is 0. The van der Waals surface area contributed by atoms with Crippen molar-refractivity contribution >= 4 is 5.91 Å². The summed E-state index contributed by atoms with van der Waals surface area (Å²) in [5.74, 6) is -0.287. The topological polar surface area (TPSA) is 307 Å². The molecule has 3 aliphatic rings. The van der Waals surface area contributed by atoms with Crippen LogP contribution in [0, 0.1) is 0 Å². The smallest absolute Gasteiger partial charge is 0.220 e. The van der Waals surface area contributed by atoms with E-state index in [2.05, 4.69) is 19.2 Å². The van der Waals surface area contributed by atoms with Crippen molar-refractivity contribution in [3.05, 3.63) is 12.2 Å². The summed E-state index contributed by atoms with van der Waals surface area (Å²) in [6.07, 6.45) is -6.92. The van der Waals surface area contributed by atoms with Gasteiger partial charge in [-0.25, -0.2) is 0 Å². The van der Waals surface area contributed by atoms with E-state index in [9.17, 15) is 61.0 Å². The van der Waals surface area contributed by atoms with E-state index in [1.165, 1.54) is 44.9 Å². The minimum atomic E-state index is -1.97. The zero-order chi connectivity index (χ0) is 44.9. The minimum absolute atomic E-state index is 0.245. The summed E-state index contributed by atoms with van der Waals surface area (Å²) in [5.41, 5.74) is 0. The van der Waals surface area contributed by atoms with E-state index >= 15 is 0 Å². The third-order valence-electron chi connectivity index (χ3n) is 11.6. The molecule has 0 spiro atoms. The molecule has 17 unspecified atom stereocenters. The zero-order valence-corrected chi connectivity index (χ0v) is 35.9. The molecule has 3 fully saturated rings. The van der Waals surface area contributed by atoms with Gasteiger partial charge in [-0.3, -0.25) is 4.79 Å². The Bertz CT molecular complexity index is 1200. The fourth-order valence-electron chi connectivity index (χ4n) is 7.72. The predicted octanol–water partition coefficient (Wildman–Crippen LogP) is -0.865. The number of nitrogens with one attached hydrogen (secondary N) is 1. The van der Waals surface area contributed by atoms with E-state index < -0.39 is 124 Å². The van der Waals surface area contributed by atoms with Crippen molar-refractivity contribution in [2.75, 3.05) is 26.4 Å². The van der Waals surface area contributed by atoms with Gasteiger partial charge in [-0.2, -0.15) is 0 Å². The van der Waals surface area contributed by atoms with Gasteiger partial charge in [0.1, 0.15) is 73.2 Å². The molecule has 3 rings (SSSR count). The first-order valence-electron chi connectivity index (χ1n) is 22.4. The van der Waals surface area contributed by atoms with Crippen LogP contribution in [0.3, 0.4) is 0 Å². The van der Waals surface area contributed by atoms with Crippen molar-refractivity contribution in [2.45, 2.75) is 221 Å². The number of aliphatic hydroxyl groups is 11. The second-order valence-electron chi connectivity index (χ2n) is 16.5. The first-order chi connectivity index (χ1) is 29.3. The van der Waals surface area contributed by atoms with E-state index in [-0.39, 0.29) is 18.9 Å². The number of ether oxygens (including phenoxy) is 6. The van der Waals surface area contributed by atoms with E-state index in [0.717, 1.165) is 44.9 Å². The summed E-state index contributed by atoms with van der Waals surface area (Å²) in [6.45, 7) is 1.52. The first-order valence-corrected chi connectivity index (χ1v) is 22.4. The van der Waals surface area contributed by atoms with Crippen LogP contribution in [-0.2, 0) is 33.2 Å². The van der Waals surface area contributed by atoms with Crippen molar-refractivity contribution in [3.63, 3.8) is 0 Å². The quantitative estimate of drug-likeness (QED) is 0.0321. The molecule has 0 aromatic carbocycles. The molecule has 12 N–H and O–H groups in total. The van der Waals surface area contributed by atoms with Gasteiger partial charge < -0.3 is 89.9 Å². The van der Waals surface area contributed by atoms with Gasteiger partial charge in [0.2, 0.25) is 5.91 Å². The van der Waals surface area contributed by atoms with Gasteiger partial charge in [0.05, 0.1) is 38.6 Å². The monoisotopic (exact) mass is 884 g/mol. The Kier molecular flexibility index (Phi) is 25.7. The number of aliphatic hydroxyl groups excluding tert-OH is 11. The van der Waals surface area contributed by atoms with Crippen molar-refractivity contribution in [1.82, 2.24) is 5.32 Å². The van der Waals surface area contributed by atoms with Gasteiger partial charge in [-0.1, -0.05) is 103 Å². The van der Waals surface area contributed by atoms with Crippen molar-refractivity contribution < 1.29 is 89.4 Å². The molecule has 0 radical (unpaired) electrons. The van der Waals surface area contributed by atoms with Crippen LogP contribution in [0.15, 0.2) is 12.2 Å². The van der Waals surface area contributed by atoms with Crippen LogP contribution < -0.4 is 5.32 Å². The van der Waals surface area contributed by atoms with Crippen LogP contribution in [0.5, 0.6) is 0 Å². The second kappa shape index (κ2) is 29.1. The van der Waals surface area contributed by atoms with Crippen molar-refractivity contribution in [3.8, 4) is 0 Å². The molecule has 17 atom stereocenters. The Hall–Kier alpha value is -1.47. The number of carbonyl (C=O) groups is 1. The van der Waals surface area contributed by atoms with Crippen molar-refractivity contribution in [2.24, 2.45) is 0 Å². The third-order valence-corrected chi connectivity index (χ3v) is 11.6.